The van der Waals surface area contributed by atoms with Crippen molar-refractivity contribution in [1.29, 1.82) is 0 Å². The zero-order valence-electron chi connectivity index (χ0n) is 28.0. The van der Waals surface area contributed by atoms with Crippen molar-refractivity contribution in [2.24, 2.45) is 0 Å². The minimum absolute atomic E-state index is 0.299. The van der Waals surface area contributed by atoms with Gasteiger partial charge in [0.2, 0.25) is 12.8 Å². The van der Waals surface area contributed by atoms with Gasteiger partial charge in [-0.1, -0.05) is 83.2 Å². The van der Waals surface area contributed by atoms with Gasteiger partial charge in [0.15, 0.2) is 0 Å². The van der Waals surface area contributed by atoms with Crippen molar-refractivity contribution in [3.05, 3.63) is 21.2 Å². The molecular formula is C32H54Br2N2O8S2. The third-order valence-corrected chi connectivity index (χ3v) is 9.75. The van der Waals surface area contributed by atoms with Crippen molar-refractivity contribution < 1.29 is 38.1 Å². The summed E-state index contributed by atoms with van der Waals surface area (Å²) in [5.41, 5.74) is 1.54. The molecule has 0 aromatic heterocycles. The minimum atomic E-state index is -0.380. The van der Waals surface area contributed by atoms with Crippen LogP contribution in [0.3, 0.4) is 0 Å². The van der Waals surface area contributed by atoms with Crippen LogP contribution in [0.1, 0.15) is 90.9 Å². The van der Waals surface area contributed by atoms with Crippen molar-refractivity contribution in [1.82, 2.24) is 9.80 Å². The minimum Gasteiger partial charge on any atom is -0.456 e. The van der Waals surface area contributed by atoms with Crippen LogP contribution >= 0.6 is 55.4 Å². The molecule has 2 amide bonds. The fraction of sp³-hybridized carbons (Fsp3) is 0.750. The van der Waals surface area contributed by atoms with Gasteiger partial charge in [-0.3, -0.25) is 9.59 Å². The quantitative estimate of drug-likeness (QED) is 0.0314. The second-order valence-corrected chi connectivity index (χ2v) is 14.1. The number of halogens is 2. The number of carbonyl (C=O) groups excluding carboxylic acids is 4. The zero-order valence-corrected chi connectivity index (χ0v) is 32.8. The highest BCUT2D eigenvalue weighted by atomic mass is 79.9. The summed E-state index contributed by atoms with van der Waals surface area (Å²) in [6, 6.07) is 0. The first-order valence-electron chi connectivity index (χ1n) is 15.9. The molecule has 46 heavy (non-hydrogen) atoms. The highest BCUT2D eigenvalue weighted by Gasteiger charge is 2.17. The van der Waals surface area contributed by atoms with Crippen LogP contribution in [-0.2, 0) is 28.5 Å². The molecule has 0 aliphatic carbocycles. The van der Waals surface area contributed by atoms with Crippen LogP contribution in [0.2, 0.25) is 0 Å². The number of alkyl halides is 2. The summed E-state index contributed by atoms with van der Waals surface area (Å²) in [5, 5.41) is 0.391. The molecule has 10 nitrogen and oxygen atoms in total. The van der Waals surface area contributed by atoms with Gasteiger partial charge in [-0.05, 0) is 50.2 Å². The first kappa shape index (κ1) is 44.9. The molecule has 0 atom stereocenters. The maximum atomic E-state index is 12.1. The lowest BCUT2D eigenvalue weighted by molar-refractivity contribution is -0.117. The average molecular weight is 819 g/mol. The van der Waals surface area contributed by atoms with E-state index in [4.69, 9.17) is 18.9 Å². The van der Waals surface area contributed by atoms with E-state index in [0.29, 0.717) is 63.0 Å². The second kappa shape index (κ2) is 31.2. The van der Waals surface area contributed by atoms with Crippen molar-refractivity contribution >= 4 is 78.8 Å². The van der Waals surface area contributed by atoms with Crippen LogP contribution in [-0.4, -0.2) is 97.6 Å². The molecule has 0 aromatic rings. The van der Waals surface area contributed by atoms with Gasteiger partial charge in [0.25, 0.3) is 0 Å². The predicted molar refractivity (Wildman–Crippen MR) is 196 cm³/mol. The Hall–Kier alpha value is -1.06. The largest absolute Gasteiger partial charge is 0.456 e. The van der Waals surface area contributed by atoms with Crippen molar-refractivity contribution in [2.75, 3.05) is 64.4 Å². The predicted octanol–water partition coefficient (Wildman–Crippen LogP) is 8.87. The standard InChI is InChI=1S/C32H54Br2N2O8S2/c1-27(29(15-21-41-3)45-31(39)43-23-17-33)35(25-37)19-13-11-9-7-5-6-8-10-12-14-20-36(26-38)28(2)30(16-22-42-4)46-32(40)44-24-18-34/h25-26H,5-24H2,1-4H3/b29-27-,30-28-. The molecule has 0 heterocycles. The molecule has 0 aliphatic rings. The third kappa shape index (κ3) is 22.5. The summed E-state index contributed by atoms with van der Waals surface area (Å²) in [6.45, 7) is 6.47. The van der Waals surface area contributed by atoms with E-state index in [-0.39, 0.29) is 10.6 Å². The van der Waals surface area contributed by atoms with Gasteiger partial charge in [-0.15, -0.1) is 0 Å². The van der Waals surface area contributed by atoms with E-state index in [1.807, 2.05) is 13.8 Å². The number of hydrogen-bond acceptors (Lipinski definition) is 10. The van der Waals surface area contributed by atoms with Crippen LogP contribution in [0.25, 0.3) is 0 Å². The average Bonchev–Trinajstić information content (AvgIpc) is 3.06. The van der Waals surface area contributed by atoms with Gasteiger partial charge < -0.3 is 28.7 Å². The molecule has 266 valence electrons. The van der Waals surface area contributed by atoms with Gasteiger partial charge >= 0.3 is 10.6 Å². The Morgan fingerprint density at radius 2 is 0.913 bits per heavy atom. The molecule has 0 spiro atoms. The Morgan fingerprint density at radius 3 is 1.20 bits per heavy atom. The Bertz CT molecular complexity index is 853. The number of methoxy groups -OCH3 is 2. The van der Waals surface area contributed by atoms with E-state index in [9.17, 15) is 19.2 Å². The maximum absolute atomic E-state index is 12.1. The molecule has 0 aromatic carbocycles. The Kier molecular flexibility index (Phi) is 30.5. The Balaban J connectivity index is 4.41. The first-order valence-corrected chi connectivity index (χ1v) is 19.8. The van der Waals surface area contributed by atoms with Crippen LogP contribution in [0.15, 0.2) is 21.2 Å². The maximum Gasteiger partial charge on any atom is 0.371 e. The molecule has 0 bridgehead atoms. The Labute approximate surface area is 301 Å². The number of carbonyl (C=O) groups is 4. The van der Waals surface area contributed by atoms with E-state index in [1.54, 1.807) is 24.0 Å². The van der Waals surface area contributed by atoms with E-state index in [0.717, 1.165) is 109 Å². The van der Waals surface area contributed by atoms with Gasteiger partial charge in [-0.2, -0.15) is 0 Å². The monoisotopic (exact) mass is 816 g/mol. The highest BCUT2D eigenvalue weighted by Crippen LogP contribution is 2.28. The molecular weight excluding hydrogens is 764 g/mol. The normalized spacial score (nSPS) is 12.2. The Morgan fingerprint density at radius 1 is 0.587 bits per heavy atom. The highest BCUT2D eigenvalue weighted by molar-refractivity contribution is 9.09. The van der Waals surface area contributed by atoms with E-state index < -0.39 is 0 Å². The third-order valence-electron chi connectivity index (χ3n) is 7.04. The summed E-state index contributed by atoms with van der Waals surface area (Å²) >= 11 is 8.54. The summed E-state index contributed by atoms with van der Waals surface area (Å²) in [5.74, 6) is 0. The lowest BCUT2D eigenvalue weighted by atomic mass is 10.1. The number of rotatable bonds is 29. The van der Waals surface area contributed by atoms with Crippen molar-refractivity contribution in [2.45, 2.75) is 90.9 Å². The fourth-order valence-electron chi connectivity index (χ4n) is 4.40. The number of hydrogen-bond donors (Lipinski definition) is 0. The fourth-order valence-corrected chi connectivity index (χ4v) is 6.31. The van der Waals surface area contributed by atoms with Gasteiger partial charge in [-0.25, -0.2) is 9.59 Å². The molecule has 14 heteroatoms. The number of amides is 2. The van der Waals surface area contributed by atoms with Crippen LogP contribution in [0.4, 0.5) is 9.59 Å². The van der Waals surface area contributed by atoms with Gasteiger partial charge in [0, 0.05) is 72.0 Å². The number of unbranched alkanes of at least 4 members (excludes halogenated alkanes) is 9. The SMILES string of the molecule is COCC/C(SC(=O)OCCBr)=C(\C)N(C=O)CCCCCCCCCCCCN(C=O)/C(C)=C(/CCOC)SC(=O)OCCBr. The van der Waals surface area contributed by atoms with Crippen molar-refractivity contribution in [3.63, 3.8) is 0 Å². The number of ether oxygens (including phenoxy) is 4. The molecule has 0 radical (unpaired) electrons. The number of allylic oxidation sites excluding steroid dienone is 2. The van der Waals surface area contributed by atoms with E-state index in [1.165, 1.54) is 12.8 Å². The van der Waals surface area contributed by atoms with Crippen LogP contribution in [0, 0.1) is 0 Å². The topological polar surface area (TPSA) is 112 Å². The molecule has 0 fully saturated rings. The number of nitrogens with zero attached hydrogens (tertiary/aromatic N) is 2. The molecule has 0 N–H and O–H groups in total. The number of thioether (sulfide) groups is 2. The summed E-state index contributed by atoms with van der Waals surface area (Å²) in [4.78, 5) is 52.8. The molecule has 0 aliphatic heterocycles. The molecule has 0 rings (SSSR count). The second-order valence-electron chi connectivity index (χ2n) is 10.4. The first-order chi connectivity index (χ1) is 22.3. The van der Waals surface area contributed by atoms with Crippen LogP contribution < -0.4 is 0 Å². The zero-order chi connectivity index (χ0) is 34.4. The van der Waals surface area contributed by atoms with E-state index >= 15 is 0 Å². The van der Waals surface area contributed by atoms with Gasteiger partial charge in [0.1, 0.15) is 13.2 Å². The summed E-state index contributed by atoms with van der Waals surface area (Å²) in [7, 11) is 3.22. The molecule has 0 unspecified atom stereocenters. The van der Waals surface area contributed by atoms with E-state index in [2.05, 4.69) is 31.9 Å². The smallest absolute Gasteiger partial charge is 0.371 e. The molecule has 0 saturated heterocycles. The summed E-state index contributed by atoms with van der Waals surface area (Å²) < 4.78 is 20.7. The van der Waals surface area contributed by atoms with Crippen LogP contribution in [0.5, 0.6) is 0 Å². The summed E-state index contributed by atoms with van der Waals surface area (Å²) in [6.07, 6.45) is 13.5. The molecule has 0 saturated carbocycles. The lowest BCUT2D eigenvalue weighted by Crippen LogP contribution is -2.22. The van der Waals surface area contributed by atoms with Gasteiger partial charge in [0.05, 0.1) is 13.2 Å². The van der Waals surface area contributed by atoms with Crippen molar-refractivity contribution in [3.8, 4) is 0 Å². The lowest BCUT2D eigenvalue weighted by Gasteiger charge is -2.21.